The molecule has 3 rings (SSSR count). The van der Waals surface area contributed by atoms with Crippen LogP contribution in [0.4, 0.5) is 5.69 Å². The number of hydrogen-bond donors (Lipinski definition) is 1. The normalized spacial score (nSPS) is 15.8. The summed E-state index contributed by atoms with van der Waals surface area (Å²) in [6.07, 6.45) is 1.14. The van der Waals surface area contributed by atoms with E-state index in [0.717, 1.165) is 24.2 Å². The number of para-hydroxylation sites is 1. The Balaban J connectivity index is 1.58. The smallest absolute Gasteiger partial charge is 0.222 e. The van der Waals surface area contributed by atoms with E-state index in [-0.39, 0.29) is 17.9 Å². The van der Waals surface area contributed by atoms with Crippen molar-refractivity contribution in [2.45, 2.75) is 25.8 Å². The van der Waals surface area contributed by atoms with Crippen LogP contribution in [0.2, 0.25) is 0 Å². The van der Waals surface area contributed by atoms with Gasteiger partial charge >= 0.3 is 0 Å². The molecule has 5 heteroatoms. The Bertz CT molecular complexity index is 791. The van der Waals surface area contributed by atoms with Crippen LogP contribution in [0.3, 0.4) is 0 Å². The average Bonchev–Trinajstić information content (AvgIpc) is 2.68. The Labute approximate surface area is 161 Å². The molecule has 1 aliphatic heterocycles. The Morgan fingerprint density at radius 2 is 1.81 bits per heavy atom. The molecule has 0 bridgehead atoms. The third-order valence-electron chi connectivity index (χ3n) is 5.16. The number of likely N-dealkylation sites (N-methyl/N-ethyl adjacent to an activating group) is 1. The van der Waals surface area contributed by atoms with Crippen molar-refractivity contribution in [1.82, 2.24) is 10.2 Å². The molecule has 0 aromatic heterocycles. The predicted octanol–water partition coefficient (Wildman–Crippen LogP) is 2.78. The van der Waals surface area contributed by atoms with Gasteiger partial charge in [-0.15, -0.1) is 0 Å². The van der Waals surface area contributed by atoms with Crippen LogP contribution >= 0.6 is 0 Å². The predicted molar refractivity (Wildman–Crippen MR) is 108 cm³/mol. The number of benzene rings is 2. The number of nitrogens with zero attached hydrogens (tertiary/aromatic N) is 2. The lowest BCUT2D eigenvalue weighted by atomic mass is 9.90. The molecule has 1 atom stereocenters. The van der Waals surface area contributed by atoms with E-state index < -0.39 is 0 Å². The topological polar surface area (TPSA) is 52.7 Å². The maximum Gasteiger partial charge on any atom is 0.222 e. The second-order valence-electron chi connectivity index (χ2n) is 6.99. The van der Waals surface area contributed by atoms with Crippen LogP contribution in [-0.4, -0.2) is 43.4 Å². The molecule has 2 amide bonds. The van der Waals surface area contributed by atoms with Gasteiger partial charge in [0.15, 0.2) is 0 Å². The fourth-order valence-electron chi connectivity index (χ4n) is 3.67. The van der Waals surface area contributed by atoms with Gasteiger partial charge in [-0.2, -0.15) is 0 Å². The maximum absolute atomic E-state index is 12.5. The van der Waals surface area contributed by atoms with Gasteiger partial charge in [-0.1, -0.05) is 42.5 Å². The molecule has 0 radical (unpaired) electrons. The van der Waals surface area contributed by atoms with Gasteiger partial charge in [0.2, 0.25) is 11.8 Å². The summed E-state index contributed by atoms with van der Waals surface area (Å²) in [6, 6.07) is 18.0. The monoisotopic (exact) mass is 365 g/mol. The fourth-order valence-corrected chi connectivity index (χ4v) is 3.67. The molecule has 0 saturated carbocycles. The van der Waals surface area contributed by atoms with E-state index in [1.54, 1.807) is 6.92 Å². The van der Waals surface area contributed by atoms with Crippen molar-refractivity contribution < 1.29 is 9.59 Å². The third-order valence-corrected chi connectivity index (χ3v) is 5.16. The zero-order valence-electron chi connectivity index (χ0n) is 16.0. The first-order valence-electron chi connectivity index (χ1n) is 9.44. The molecule has 27 heavy (non-hydrogen) atoms. The van der Waals surface area contributed by atoms with Crippen LogP contribution in [0.15, 0.2) is 54.6 Å². The van der Waals surface area contributed by atoms with Crippen LogP contribution in [0.25, 0.3) is 0 Å². The molecule has 1 aliphatic rings. The first-order chi connectivity index (χ1) is 13.1. The largest absolute Gasteiger partial charge is 0.373 e. The molecule has 5 nitrogen and oxygen atoms in total. The summed E-state index contributed by atoms with van der Waals surface area (Å²) in [4.78, 5) is 28.5. The zero-order valence-corrected chi connectivity index (χ0v) is 16.0. The number of carbonyl (C=O) groups excluding carboxylic acids is 2. The number of amides is 2. The fraction of sp³-hybridized carbons (Fsp3) is 0.364. The van der Waals surface area contributed by atoms with E-state index in [1.807, 2.05) is 60.5 Å². The molecular weight excluding hydrogens is 338 g/mol. The minimum absolute atomic E-state index is 0.0195. The molecule has 1 heterocycles. The second-order valence-corrected chi connectivity index (χ2v) is 6.99. The van der Waals surface area contributed by atoms with Crippen LogP contribution in [-0.2, 0) is 16.0 Å². The molecule has 0 saturated heterocycles. The Hall–Kier alpha value is -2.82. The third kappa shape index (κ3) is 4.67. The number of anilines is 1. The van der Waals surface area contributed by atoms with Gasteiger partial charge in [-0.25, -0.2) is 0 Å². The van der Waals surface area contributed by atoms with E-state index in [0.29, 0.717) is 19.5 Å². The van der Waals surface area contributed by atoms with Gasteiger partial charge in [-0.3, -0.25) is 9.59 Å². The molecule has 0 fully saturated rings. The van der Waals surface area contributed by atoms with Crippen molar-refractivity contribution in [1.29, 1.82) is 0 Å². The standard InChI is InChI=1S/C22H27N3O2/c1-17(26)25-14-12-18-8-6-7-11-20(18)21(25)16-22(27)23-13-15-24(2)19-9-4-3-5-10-19/h3-11,21H,12-16H2,1-2H3,(H,23,27). The van der Waals surface area contributed by atoms with Gasteiger partial charge < -0.3 is 15.1 Å². The summed E-state index contributed by atoms with van der Waals surface area (Å²) in [5, 5.41) is 3.00. The van der Waals surface area contributed by atoms with Gasteiger partial charge in [0.1, 0.15) is 0 Å². The summed E-state index contributed by atoms with van der Waals surface area (Å²) in [6.45, 7) is 3.54. The molecule has 2 aromatic rings. The highest BCUT2D eigenvalue weighted by Gasteiger charge is 2.30. The lowest BCUT2D eigenvalue weighted by Gasteiger charge is -2.36. The van der Waals surface area contributed by atoms with Crippen LogP contribution in [0.5, 0.6) is 0 Å². The van der Waals surface area contributed by atoms with Crippen molar-refractivity contribution in [3.63, 3.8) is 0 Å². The Kier molecular flexibility index (Phi) is 6.12. The summed E-state index contributed by atoms with van der Waals surface area (Å²) in [7, 11) is 2.01. The van der Waals surface area contributed by atoms with Crippen molar-refractivity contribution >= 4 is 17.5 Å². The summed E-state index contributed by atoms with van der Waals surface area (Å²) in [5.74, 6) is -0.00414. The molecule has 1 unspecified atom stereocenters. The summed E-state index contributed by atoms with van der Waals surface area (Å²) >= 11 is 0. The van der Waals surface area contributed by atoms with E-state index in [4.69, 9.17) is 0 Å². The molecule has 0 spiro atoms. The van der Waals surface area contributed by atoms with Crippen molar-refractivity contribution in [2.75, 3.05) is 31.6 Å². The van der Waals surface area contributed by atoms with Crippen LogP contribution in [0.1, 0.15) is 30.5 Å². The van der Waals surface area contributed by atoms with Crippen molar-refractivity contribution in [3.05, 3.63) is 65.7 Å². The van der Waals surface area contributed by atoms with Crippen LogP contribution in [0, 0.1) is 0 Å². The number of rotatable bonds is 6. The van der Waals surface area contributed by atoms with Crippen LogP contribution < -0.4 is 10.2 Å². The summed E-state index contributed by atoms with van der Waals surface area (Å²) in [5.41, 5.74) is 3.45. The highest BCUT2D eigenvalue weighted by Crippen LogP contribution is 2.32. The molecule has 142 valence electrons. The van der Waals surface area contributed by atoms with E-state index in [1.165, 1.54) is 5.56 Å². The molecule has 2 aromatic carbocycles. The van der Waals surface area contributed by atoms with E-state index in [9.17, 15) is 9.59 Å². The quantitative estimate of drug-likeness (QED) is 0.856. The molecule has 1 N–H and O–H groups in total. The lowest BCUT2D eigenvalue weighted by molar-refractivity contribution is -0.133. The molecule has 0 aliphatic carbocycles. The number of nitrogens with one attached hydrogen (secondary N) is 1. The maximum atomic E-state index is 12.5. The SMILES string of the molecule is CC(=O)N1CCc2ccccc2C1CC(=O)NCCN(C)c1ccccc1. The Morgan fingerprint density at radius 1 is 1.11 bits per heavy atom. The molecular formula is C22H27N3O2. The Morgan fingerprint density at radius 3 is 2.56 bits per heavy atom. The average molecular weight is 365 g/mol. The highest BCUT2D eigenvalue weighted by atomic mass is 16.2. The minimum Gasteiger partial charge on any atom is -0.373 e. The van der Waals surface area contributed by atoms with E-state index >= 15 is 0 Å². The first kappa shape index (κ1) is 19.0. The zero-order chi connectivity index (χ0) is 19.2. The second kappa shape index (κ2) is 8.71. The van der Waals surface area contributed by atoms with Gasteiger partial charge in [-0.05, 0) is 29.7 Å². The van der Waals surface area contributed by atoms with Gasteiger partial charge in [0.25, 0.3) is 0 Å². The minimum atomic E-state index is -0.181. The van der Waals surface area contributed by atoms with Crippen molar-refractivity contribution in [2.24, 2.45) is 0 Å². The van der Waals surface area contributed by atoms with Gasteiger partial charge in [0, 0.05) is 39.3 Å². The first-order valence-corrected chi connectivity index (χ1v) is 9.44. The van der Waals surface area contributed by atoms with E-state index in [2.05, 4.69) is 16.3 Å². The number of carbonyl (C=O) groups is 2. The van der Waals surface area contributed by atoms with Crippen molar-refractivity contribution in [3.8, 4) is 0 Å². The highest BCUT2D eigenvalue weighted by molar-refractivity contribution is 5.79. The lowest BCUT2D eigenvalue weighted by Crippen LogP contribution is -2.42. The number of hydrogen-bond acceptors (Lipinski definition) is 3. The van der Waals surface area contributed by atoms with Gasteiger partial charge in [0.05, 0.1) is 12.5 Å². The number of fused-ring (bicyclic) bond motifs is 1. The summed E-state index contributed by atoms with van der Waals surface area (Å²) < 4.78 is 0.